The Bertz CT molecular complexity index is 837. The zero-order valence-corrected chi connectivity index (χ0v) is 16.3. The molecule has 29 heavy (non-hydrogen) atoms. The highest BCUT2D eigenvalue weighted by molar-refractivity contribution is 6.27. The Hall–Kier alpha value is -3.26. The van der Waals surface area contributed by atoms with Gasteiger partial charge in [-0.25, -0.2) is 9.59 Å². The van der Waals surface area contributed by atoms with E-state index in [2.05, 4.69) is 17.4 Å². The highest BCUT2D eigenvalue weighted by Gasteiger charge is 2.23. The van der Waals surface area contributed by atoms with Crippen LogP contribution in [-0.4, -0.2) is 47.5 Å². The molecule has 0 aliphatic carbocycles. The maximum Gasteiger partial charge on any atom is 0.414 e. The molecular weight excluding hydrogens is 378 g/mol. The summed E-state index contributed by atoms with van der Waals surface area (Å²) in [4.78, 5) is 18.2. The number of carbonyl (C=O) groups is 2. The molecule has 0 bridgehead atoms. The van der Waals surface area contributed by atoms with Crippen LogP contribution in [0.1, 0.15) is 29.7 Å². The van der Waals surface area contributed by atoms with E-state index in [0.717, 1.165) is 30.9 Å². The topological polar surface area (TPSA) is 125 Å². The predicted molar refractivity (Wildman–Crippen MR) is 106 cm³/mol. The van der Waals surface area contributed by atoms with Crippen LogP contribution in [0.25, 0.3) is 0 Å². The highest BCUT2D eigenvalue weighted by Crippen LogP contribution is 2.36. The van der Waals surface area contributed by atoms with Crippen molar-refractivity contribution in [3.05, 3.63) is 53.1 Å². The quantitative estimate of drug-likeness (QED) is 0.561. The molecule has 0 radical (unpaired) electrons. The van der Waals surface area contributed by atoms with Crippen molar-refractivity contribution >= 4 is 11.9 Å². The number of phenolic OH excluding ortho intramolecular Hbond substituents is 1. The lowest BCUT2D eigenvalue weighted by molar-refractivity contribution is -0.159. The average Bonchev–Trinajstić information content (AvgIpc) is 2.70. The van der Waals surface area contributed by atoms with E-state index in [-0.39, 0.29) is 6.04 Å². The Balaban J connectivity index is 0.000000438. The van der Waals surface area contributed by atoms with Crippen LogP contribution in [0.4, 0.5) is 0 Å². The number of rotatable bonds is 5. The number of phenols is 1. The smallest absolute Gasteiger partial charge is 0.414 e. The summed E-state index contributed by atoms with van der Waals surface area (Å²) in [5.74, 6) is -1.75. The first-order chi connectivity index (χ1) is 13.8. The van der Waals surface area contributed by atoms with E-state index >= 15 is 0 Å². The summed E-state index contributed by atoms with van der Waals surface area (Å²) < 4.78 is 11.2. The summed E-state index contributed by atoms with van der Waals surface area (Å²) in [6.07, 6.45) is 1.87. The second-order valence-electron chi connectivity index (χ2n) is 6.37. The summed E-state index contributed by atoms with van der Waals surface area (Å²) in [7, 11) is 1.68. The lowest BCUT2D eigenvalue weighted by Crippen LogP contribution is -2.31. The molecule has 0 aromatic heterocycles. The lowest BCUT2D eigenvalue weighted by Gasteiger charge is -2.28. The predicted octanol–water partition coefficient (Wildman–Crippen LogP) is 2.38. The summed E-state index contributed by atoms with van der Waals surface area (Å²) in [6.45, 7) is 3.54. The average molecular weight is 403 g/mol. The largest absolute Gasteiger partial charge is 0.508 e. The van der Waals surface area contributed by atoms with Crippen LogP contribution in [0.5, 0.6) is 17.2 Å². The molecule has 2 aromatic carbocycles. The van der Waals surface area contributed by atoms with Crippen molar-refractivity contribution in [3.63, 3.8) is 0 Å². The van der Waals surface area contributed by atoms with Crippen LogP contribution in [0.2, 0.25) is 0 Å². The first kappa shape index (κ1) is 22.0. The highest BCUT2D eigenvalue weighted by atomic mass is 16.5. The number of fused-ring (bicyclic) bond motifs is 1. The Morgan fingerprint density at radius 1 is 1.10 bits per heavy atom. The Morgan fingerprint density at radius 3 is 2.31 bits per heavy atom. The molecule has 0 spiro atoms. The van der Waals surface area contributed by atoms with Gasteiger partial charge in [0.25, 0.3) is 0 Å². The van der Waals surface area contributed by atoms with Gasteiger partial charge in [0.2, 0.25) is 0 Å². The molecule has 0 saturated carbocycles. The number of aromatic hydroxyl groups is 1. The van der Waals surface area contributed by atoms with E-state index in [1.807, 2.05) is 19.1 Å². The van der Waals surface area contributed by atoms with Gasteiger partial charge in [-0.2, -0.15) is 0 Å². The second kappa shape index (κ2) is 10.3. The van der Waals surface area contributed by atoms with E-state index in [9.17, 15) is 5.11 Å². The van der Waals surface area contributed by atoms with Crippen LogP contribution < -0.4 is 14.8 Å². The Kier molecular flexibility index (Phi) is 7.85. The zero-order valence-electron chi connectivity index (χ0n) is 16.3. The summed E-state index contributed by atoms with van der Waals surface area (Å²) in [5.41, 5.74) is 3.78. The van der Waals surface area contributed by atoms with Crippen molar-refractivity contribution in [1.82, 2.24) is 5.32 Å². The molecule has 4 N–H and O–H groups in total. The SMILES string of the molecule is CCOc1cc2c(cc1OC)CCNC2Cc1ccc(O)cc1.O=C(O)C(=O)O. The van der Waals surface area contributed by atoms with Crippen molar-refractivity contribution < 1.29 is 34.4 Å². The summed E-state index contributed by atoms with van der Waals surface area (Å²) >= 11 is 0. The zero-order chi connectivity index (χ0) is 21.4. The van der Waals surface area contributed by atoms with Gasteiger partial charge in [0.1, 0.15) is 5.75 Å². The second-order valence-corrected chi connectivity index (χ2v) is 6.37. The third-order valence-electron chi connectivity index (χ3n) is 4.44. The van der Waals surface area contributed by atoms with Gasteiger partial charge >= 0.3 is 11.9 Å². The molecule has 3 rings (SSSR count). The third-order valence-corrected chi connectivity index (χ3v) is 4.44. The van der Waals surface area contributed by atoms with E-state index in [4.69, 9.17) is 29.3 Å². The number of benzene rings is 2. The van der Waals surface area contributed by atoms with Crippen molar-refractivity contribution in [2.24, 2.45) is 0 Å². The molecule has 0 saturated heterocycles. The number of aliphatic carboxylic acids is 2. The molecule has 8 nitrogen and oxygen atoms in total. The van der Waals surface area contributed by atoms with Crippen molar-refractivity contribution in [2.75, 3.05) is 20.3 Å². The van der Waals surface area contributed by atoms with Crippen LogP contribution >= 0.6 is 0 Å². The van der Waals surface area contributed by atoms with Crippen LogP contribution in [0.15, 0.2) is 36.4 Å². The van der Waals surface area contributed by atoms with Gasteiger partial charge in [-0.1, -0.05) is 12.1 Å². The number of methoxy groups -OCH3 is 1. The minimum absolute atomic E-state index is 0.244. The normalized spacial score (nSPS) is 14.8. The van der Waals surface area contributed by atoms with E-state index in [1.54, 1.807) is 19.2 Å². The Morgan fingerprint density at radius 2 is 1.76 bits per heavy atom. The van der Waals surface area contributed by atoms with E-state index in [1.165, 1.54) is 16.7 Å². The van der Waals surface area contributed by atoms with E-state index in [0.29, 0.717) is 12.4 Å². The van der Waals surface area contributed by atoms with Gasteiger partial charge in [-0.05, 0) is 67.3 Å². The van der Waals surface area contributed by atoms with E-state index < -0.39 is 11.9 Å². The van der Waals surface area contributed by atoms with Gasteiger partial charge < -0.3 is 30.1 Å². The van der Waals surface area contributed by atoms with Crippen LogP contribution in [-0.2, 0) is 22.4 Å². The fraction of sp³-hybridized carbons (Fsp3) is 0.333. The third kappa shape index (κ3) is 6.11. The molecule has 1 aliphatic heterocycles. The van der Waals surface area contributed by atoms with Gasteiger partial charge in [-0.15, -0.1) is 0 Å². The first-order valence-electron chi connectivity index (χ1n) is 9.16. The number of ether oxygens (including phenoxy) is 2. The van der Waals surface area contributed by atoms with Crippen molar-refractivity contribution in [1.29, 1.82) is 0 Å². The van der Waals surface area contributed by atoms with Crippen molar-refractivity contribution in [3.8, 4) is 17.2 Å². The molecule has 2 aromatic rings. The number of hydrogen-bond acceptors (Lipinski definition) is 6. The number of carboxylic acid groups (broad SMARTS) is 2. The van der Waals surface area contributed by atoms with Gasteiger partial charge in [0, 0.05) is 6.04 Å². The fourth-order valence-corrected chi connectivity index (χ4v) is 3.13. The molecule has 1 atom stereocenters. The number of hydrogen-bond donors (Lipinski definition) is 4. The maximum atomic E-state index is 9.43. The minimum Gasteiger partial charge on any atom is -0.508 e. The summed E-state index contributed by atoms with van der Waals surface area (Å²) in [5, 5.41) is 27.8. The molecule has 8 heteroatoms. The van der Waals surface area contributed by atoms with Gasteiger partial charge in [0.15, 0.2) is 11.5 Å². The molecular formula is C21H25NO7. The van der Waals surface area contributed by atoms with Crippen LogP contribution in [0, 0.1) is 0 Å². The van der Waals surface area contributed by atoms with Gasteiger partial charge in [0.05, 0.1) is 13.7 Å². The molecule has 0 fully saturated rings. The number of nitrogens with one attached hydrogen (secondary N) is 1. The molecule has 0 amide bonds. The number of carboxylic acids is 2. The van der Waals surface area contributed by atoms with Gasteiger partial charge in [-0.3, -0.25) is 0 Å². The molecule has 1 aliphatic rings. The first-order valence-corrected chi connectivity index (χ1v) is 9.16. The summed E-state index contributed by atoms with van der Waals surface area (Å²) in [6, 6.07) is 11.9. The molecule has 156 valence electrons. The van der Waals surface area contributed by atoms with Crippen molar-refractivity contribution in [2.45, 2.75) is 25.8 Å². The standard InChI is InChI=1S/C19H23NO3.C2H2O4/c1-3-23-19-12-16-14(11-18(19)22-2)8-9-20-17(16)10-13-4-6-15(21)7-5-13;3-1(4)2(5)6/h4-7,11-12,17,20-21H,3,8-10H2,1-2H3;(H,3,4)(H,5,6). The monoisotopic (exact) mass is 403 g/mol. The molecule has 1 unspecified atom stereocenters. The Labute approximate surface area is 168 Å². The molecule has 1 heterocycles. The maximum absolute atomic E-state index is 9.43. The minimum atomic E-state index is -1.82. The lowest BCUT2D eigenvalue weighted by atomic mass is 9.90. The van der Waals surface area contributed by atoms with Crippen LogP contribution in [0.3, 0.4) is 0 Å². The fourth-order valence-electron chi connectivity index (χ4n) is 3.13.